The number of ether oxygens (including phenoxy) is 1. The Bertz CT molecular complexity index is 1010. The van der Waals surface area contributed by atoms with Gasteiger partial charge in [-0.1, -0.05) is 17.7 Å². The van der Waals surface area contributed by atoms with Crippen LogP contribution in [0, 0.1) is 5.92 Å². The van der Waals surface area contributed by atoms with Gasteiger partial charge in [-0.25, -0.2) is 15.0 Å². The Kier molecular flexibility index (Phi) is 6.99. The maximum atomic E-state index is 11.0. The first-order chi connectivity index (χ1) is 15.2. The number of rotatable bonds is 1. The monoisotopic (exact) mass is 443 g/mol. The van der Waals surface area contributed by atoms with Gasteiger partial charge in [-0.3, -0.25) is 14.8 Å². The summed E-state index contributed by atoms with van der Waals surface area (Å²) in [7, 11) is 1.60. The highest BCUT2D eigenvalue weighted by Crippen LogP contribution is 2.40. The summed E-state index contributed by atoms with van der Waals surface area (Å²) >= 11 is 6.36. The number of aromatic nitrogens is 2. The zero-order valence-electron chi connectivity index (χ0n) is 17.4. The highest BCUT2D eigenvalue weighted by atomic mass is 35.5. The third-order valence-electron chi connectivity index (χ3n) is 5.41. The van der Waals surface area contributed by atoms with Gasteiger partial charge in [0.1, 0.15) is 6.33 Å². The first-order valence-corrected chi connectivity index (χ1v) is 10.8. The highest BCUT2D eigenvalue weighted by molar-refractivity contribution is 6.29. The Morgan fingerprint density at radius 2 is 2.13 bits per heavy atom. The number of hydrogen-bond acceptors (Lipinski definition) is 8. The molecule has 8 nitrogen and oxygen atoms in total. The van der Waals surface area contributed by atoms with Crippen molar-refractivity contribution in [1.29, 1.82) is 0 Å². The van der Waals surface area contributed by atoms with E-state index in [2.05, 4.69) is 20.0 Å². The molecule has 0 spiro atoms. The van der Waals surface area contributed by atoms with Crippen LogP contribution in [-0.2, 0) is 4.84 Å². The molecule has 31 heavy (non-hydrogen) atoms. The Hall–Kier alpha value is -2.71. The van der Waals surface area contributed by atoms with Gasteiger partial charge in [-0.15, -0.1) is 0 Å². The lowest BCUT2D eigenvalue weighted by molar-refractivity contribution is 0.127. The second-order valence-corrected chi connectivity index (χ2v) is 7.93. The van der Waals surface area contributed by atoms with E-state index in [0.29, 0.717) is 42.2 Å². The first kappa shape index (κ1) is 21.5. The van der Waals surface area contributed by atoms with Gasteiger partial charge in [0.15, 0.2) is 17.3 Å². The zero-order valence-corrected chi connectivity index (χ0v) is 18.2. The number of nitrogens with zero attached hydrogens (tertiary/aromatic N) is 5. The van der Waals surface area contributed by atoms with Crippen molar-refractivity contribution in [3.05, 3.63) is 29.6 Å². The molecule has 1 aromatic heterocycles. The standard InChI is InChI=1S/C22H26ClN5O3/c1-30-28-18-6-4-16(23)12-15(18)13-25-9-2-8-24-10-3-11-31-19-7-5-17-20(21(19)29)22(28)27-14-26-17/h5,7-8,12-15,18,29H,2-4,6,9-11H2,1H3. The van der Waals surface area contributed by atoms with Crippen molar-refractivity contribution in [3.8, 4) is 11.5 Å². The number of allylic oxidation sites excluding steroid dienone is 1. The molecule has 0 saturated heterocycles. The van der Waals surface area contributed by atoms with Crippen LogP contribution in [0.15, 0.2) is 39.6 Å². The van der Waals surface area contributed by atoms with Crippen molar-refractivity contribution in [2.75, 3.05) is 31.9 Å². The van der Waals surface area contributed by atoms with Crippen molar-refractivity contribution >= 4 is 40.8 Å². The summed E-state index contributed by atoms with van der Waals surface area (Å²) in [5, 5.41) is 14.0. The summed E-state index contributed by atoms with van der Waals surface area (Å²) in [6.45, 7) is 1.76. The van der Waals surface area contributed by atoms with Gasteiger partial charge >= 0.3 is 0 Å². The topological polar surface area (TPSA) is 92.4 Å². The van der Waals surface area contributed by atoms with E-state index in [-0.39, 0.29) is 17.7 Å². The molecule has 9 heteroatoms. The van der Waals surface area contributed by atoms with Crippen LogP contribution in [0.3, 0.4) is 0 Å². The minimum atomic E-state index is -0.0947. The van der Waals surface area contributed by atoms with Crippen LogP contribution in [0.5, 0.6) is 11.5 Å². The molecule has 0 saturated carbocycles. The van der Waals surface area contributed by atoms with Gasteiger partial charge in [-0.05, 0) is 25.0 Å². The number of phenolic OH excluding ortho intramolecular Hbond substituents is 1. The second kappa shape index (κ2) is 10.1. The van der Waals surface area contributed by atoms with Gasteiger partial charge < -0.3 is 9.84 Å². The summed E-state index contributed by atoms with van der Waals surface area (Å²) < 4.78 is 5.82. The molecule has 2 atom stereocenters. The van der Waals surface area contributed by atoms with Crippen LogP contribution < -0.4 is 9.80 Å². The average Bonchev–Trinajstić information content (AvgIpc) is 2.77. The second-order valence-electron chi connectivity index (χ2n) is 7.44. The van der Waals surface area contributed by atoms with Crippen molar-refractivity contribution in [1.82, 2.24) is 9.97 Å². The number of aromatic hydroxyl groups is 1. The van der Waals surface area contributed by atoms with Crippen molar-refractivity contribution in [2.45, 2.75) is 31.7 Å². The molecule has 1 aromatic carbocycles. The fourth-order valence-electron chi connectivity index (χ4n) is 3.91. The van der Waals surface area contributed by atoms with Crippen LogP contribution in [0.1, 0.15) is 25.7 Å². The number of aliphatic imine (C=N–C) groups is 2. The summed E-state index contributed by atoms with van der Waals surface area (Å²) in [4.78, 5) is 23.6. The van der Waals surface area contributed by atoms with Crippen molar-refractivity contribution in [3.63, 3.8) is 0 Å². The van der Waals surface area contributed by atoms with E-state index in [1.165, 1.54) is 6.33 Å². The number of benzene rings is 1. The van der Waals surface area contributed by atoms with Gasteiger partial charge in [-0.2, -0.15) is 0 Å². The number of fused-ring (bicyclic) bond motifs is 2. The molecule has 0 amide bonds. The Morgan fingerprint density at radius 1 is 1.23 bits per heavy atom. The molecule has 1 N–H and O–H groups in total. The van der Waals surface area contributed by atoms with Crippen molar-refractivity contribution < 1.29 is 14.7 Å². The third-order valence-corrected chi connectivity index (χ3v) is 5.72. The van der Waals surface area contributed by atoms with E-state index in [0.717, 1.165) is 30.7 Å². The molecular formula is C22H26ClN5O3. The molecule has 2 aliphatic rings. The Labute approximate surface area is 186 Å². The average molecular weight is 444 g/mol. The smallest absolute Gasteiger partial charge is 0.171 e. The summed E-state index contributed by atoms with van der Waals surface area (Å²) in [6.07, 6.45) is 10.3. The van der Waals surface area contributed by atoms with E-state index in [4.69, 9.17) is 21.2 Å². The highest BCUT2D eigenvalue weighted by Gasteiger charge is 2.32. The fourth-order valence-corrected chi connectivity index (χ4v) is 4.16. The molecule has 0 radical (unpaired) electrons. The van der Waals surface area contributed by atoms with E-state index >= 15 is 0 Å². The van der Waals surface area contributed by atoms with Gasteiger partial charge in [0.25, 0.3) is 0 Å². The molecule has 2 heterocycles. The molecule has 164 valence electrons. The molecule has 1 aliphatic heterocycles. The summed E-state index contributed by atoms with van der Waals surface area (Å²) in [5.41, 5.74) is 0.606. The van der Waals surface area contributed by atoms with E-state index in [1.54, 1.807) is 18.2 Å². The normalized spacial score (nSPS) is 22.6. The number of anilines is 1. The Balaban J connectivity index is 1.81. The van der Waals surface area contributed by atoms with Crippen LogP contribution in [0.25, 0.3) is 10.9 Å². The number of halogens is 1. The van der Waals surface area contributed by atoms with Crippen LogP contribution in [0.4, 0.5) is 5.82 Å². The van der Waals surface area contributed by atoms with Crippen molar-refractivity contribution in [2.24, 2.45) is 15.9 Å². The molecule has 2 aromatic rings. The first-order valence-electron chi connectivity index (χ1n) is 10.5. The largest absolute Gasteiger partial charge is 0.504 e. The van der Waals surface area contributed by atoms with E-state index in [1.807, 2.05) is 24.6 Å². The van der Waals surface area contributed by atoms with Gasteiger partial charge in [0, 0.05) is 49.3 Å². The fraction of sp³-hybridized carbons (Fsp3) is 0.455. The predicted octanol–water partition coefficient (Wildman–Crippen LogP) is 3.92. The third kappa shape index (κ3) is 4.80. The molecule has 4 rings (SSSR count). The van der Waals surface area contributed by atoms with Gasteiger partial charge in [0.05, 0.1) is 30.7 Å². The lowest BCUT2D eigenvalue weighted by Gasteiger charge is -2.36. The molecule has 0 fully saturated rings. The maximum Gasteiger partial charge on any atom is 0.171 e. The van der Waals surface area contributed by atoms with E-state index in [9.17, 15) is 5.11 Å². The van der Waals surface area contributed by atoms with Gasteiger partial charge in [0.2, 0.25) is 0 Å². The number of phenols is 1. The molecular weight excluding hydrogens is 418 g/mol. The van der Waals surface area contributed by atoms with E-state index < -0.39 is 0 Å². The lowest BCUT2D eigenvalue weighted by atomic mass is 9.90. The van der Waals surface area contributed by atoms with Crippen LogP contribution in [0.2, 0.25) is 0 Å². The number of hydroxylamine groups is 1. The molecule has 2 unspecified atom stereocenters. The molecule has 1 aliphatic carbocycles. The summed E-state index contributed by atoms with van der Waals surface area (Å²) in [5.74, 6) is 0.800. The minimum Gasteiger partial charge on any atom is -0.504 e. The quantitative estimate of drug-likeness (QED) is 0.718. The molecule has 2 bridgehead atoms. The SMILES string of the molecule is CON1c2ncnc3ccc(c(O)c23)OCCCN=CCCN=CC2C=C(Cl)CCC21. The lowest BCUT2D eigenvalue weighted by Crippen LogP contribution is -2.42. The van der Waals surface area contributed by atoms with Crippen LogP contribution >= 0.6 is 11.6 Å². The van der Waals surface area contributed by atoms with Crippen LogP contribution in [-0.4, -0.2) is 60.4 Å². The summed E-state index contributed by atoms with van der Waals surface area (Å²) in [6, 6.07) is 3.44. The Morgan fingerprint density at radius 3 is 3.00 bits per heavy atom. The number of hydrogen-bond donors (Lipinski definition) is 1. The maximum absolute atomic E-state index is 11.0. The predicted molar refractivity (Wildman–Crippen MR) is 123 cm³/mol. The zero-order chi connectivity index (χ0) is 21.6. The minimum absolute atomic E-state index is 0.00225.